The number of aryl methyl sites for hydroxylation is 1. The molecular formula is C25H27Cl2N7. The van der Waals surface area contributed by atoms with E-state index in [4.69, 9.17) is 33.2 Å². The fourth-order valence-electron chi connectivity index (χ4n) is 4.32. The third-order valence-electron chi connectivity index (χ3n) is 6.36. The lowest BCUT2D eigenvalue weighted by molar-refractivity contribution is 0.271. The van der Waals surface area contributed by atoms with Gasteiger partial charge in [0, 0.05) is 61.1 Å². The summed E-state index contributed by atoms with van der Waals surface area (Å²) in [6.07, 6.45) is 1.77. The standard InChI is InChI=1S/C25H27Cl2N7/c1-3-33-10-12-34(13-11-33)20-8-5-17(6-9-20)24-30-22-16-29-32(2)23(22)25(31-24)28-15-18-4-7-19(26)14-21(18)27/h4-9,14,16H,3,10-13,15H2,1-2H3,(H,28,30,31). The van der Waals surface area contributed by atoms with Crippen molar-refractivity contribution in [1.82, 2.24) is 24.6 Å². The van der Waals surface area contributed by atoms with E-state index in [-0.39, 0.29) is 0 Å². The summed E-state index contributed by atoms with van der Waals surface area (Å²) in [7, 11) is 1.89. The van der Waals surface area contributed by atoms with Crippen molar-refractivity contribution in [3.63, 3.8) is 0 Å². The second-order valence-electron chi connectivity index (χ2n) is 8.46. The van der Waals surface area contributed by atoms with Gasteiger partial charge in [0.2, 0.25) is 0 Å². The van der Waals surface area contributed by atoms with Crippen LogP contribution in [0.15, 0.2) is 48.7 Å². The predicted octanol–water partition coefficient (Wildman–Crippen LogP) is 5.09. The van der Waals surface area contributed by atoms with Gasteiger partial charge in [-0.2, -0.15) is 5.10 Å². The molecule has 0 aliphatic carbocycles. The zero-order valence-corrected chi connectivity index (χ0v) is 20.8. The molecule has 1 aliphatic heterocycles. The van der Waals surface area contributed by atoms with Crippen molar-refractivity contribution in [1.29, 1.82) is 0 Å². The third kappa shape index (κ3) is 4.69. The Morgan fingerprint density at radius 3 is 2.44 bits per heavy atom. The van der Waals surface area contributed by atoms with E-state index in [0.29, 0.717) is 28.2 Å². The summed E-state index contributed by atoms with van der Waals surface area (Å²) >= 11 is 12.4. The minimum Gasteiger partial charge on any atom is -0.369 e. The first-order valence-corrected chi connectivity index (χ1v) is 12.2. The summed E-state index contributed by atoms with van der Waals surface area (Å²) in [5.41, 5.74) is 4.78. The molecule has 0 amide bonds. The molecule has 7 nitrogen and oxygen atoms in total. The topological polar surface area (TPSA) is 62.1 Å². The van der Waals surface area contributed by atoms with E-state index in [1.807, 2.05) is 19.2 Å². The maximum Gasteiger partial charge on any atom is 0.162 e. The first kappa shape index (κ1) is 22.9. The lowest BCUT2D eigenvalue weighted by Gasteiger charge is -2.35. The summed E-state index contributed by atoms with van der Waals surface area (Å²) in [6, 6.07) is 14.0. The molecule has 9 heteroatoms. The SMILES string of the molecule is CCN1CCN(c2ccc(-c3nc(NCc4ccc(Cl)cc4Cl)c4c(cnn4C)n3)cc2)CC1. The van der Waals surface area contributed by atoms with Gasteiger partial charge < -0.3 is 15.1 Å². The van der Waals surface area contributed by atoms with Crippen LogP contribution in [0.2, 0.25) is 10.0 Å². The fourth-order valence-corrected chi connectivity index (χ4v) is 4.80. The maximum atomic E-state index is 6.37. The van der Waals surface area contributed by atoms with Gasteiger partial charge >= 0.3 is 0 Å². The van der Waals surface area contributed by atoms with Gasteiger partial charge in [-0.15, -0.1) is 0 Å². The van der Waals surface area contributed by atoms with Crippen LogP contribution in [-0.4, -0.2) is 57.4 Å². The van der Waals surface area contributed by atoms with Gasteiger partial charge in [-0.05, 0) is 48.5 Å². The van der Waals surface area contributed by atoms with Gasteiger partial charge in [0.05, 0.1) is 6.20 Å². The van der Waals surface area contributed by atoms with E-state index < -0.39 is 0 Å². The molecule has 176 valence electrons. The minimum absolute atomic E-state index is 0.509. The Morgan fingerprint density at radius 1 is 0.971 bits per heavy atom. The van der Waals surface area contributed by atoms with Crippen molar-refractivity contribution in [2.75, 3.05) is 42.9 Å². The maximum absolute atomic E-state index is 6.37. The highest BCUT2D eigenvalue weighted by Gasteiger charge is 2.17. The Hall–Kier alpha value is -2.87. The summed E-state index contributed by atoms with van der Waals surface area (Å²) in [5.74, 6) is 1.37. The number of hydrogen-bond donors (Lipinski definition) is 1. The lowest BCUT2D eigenvalue weighted by atomic mass is 10.1. The molecule has 0 unspecified atom stereocenters. The molecule has 0 spiro atoms. The van der Waals surface area contributed by atoms with Crippen LogP contribution in [0.3, 0.4) is 0 Å². The molecule has 4 aromatic rings. The number of halogens is 2. The van der Waals surface area contributed by atoms with Crippen molar-refractivity contribution in [3.05, 3.63) is 64.3 Å². The number of hydrogen-bond acceptors (Lipinski definition) is 6. The summed E-state index contributed by atoms with van der Waals surface area (Å²) in [4.78, 5) is 14.5. The number of anilines is 2. The molecule has 0 saturated carbocycles. The summed E-state index contributed by atoms with van der Waals surface area (Å²) < 4.78 is 1.78. The molecule has 1 N–H and O–H groups in total. The van der Waals surface area contributed by atoms with E-state index >= 15 is 0 Å². The minimum atomic E-state index is 0.509. The van der Waals surface area contributed by atoms with E-state index in [1.54, 1.807) is 16.9 Å². The largest absolute Gasteiger partial charge is 0.369 e. The average Bonchev–Trinajstić information content (AvgIpc) is 3.24. The van der Waals surface area contributed by atoms with E-state index in [2.05, 4.69) is 51.4 Å². The van der Waals surface area contributed by atoms with Crippen molar-refractivity contribution in [2.24, 2.45) is 7.05 Å². The number of benzene rings is 2. The third-order valence-corrected chi connectivity index (χ3v) is 6.95. The molecule has 1 fully saturated rings. The van der Waals surface area contributed by atoms with Crippen LogP contribution in [0.1, 0.15) is 12.5 Å². The lowest BCUT2D eigenvalue weighted by Crippen LogP contribution is -2.46. The predicted molar refractivity (Wildman–Crippen MR) is 140 cm³/mol. The number of piperazine rings is 1. The van der Waals surface area contributed by atoms with E-state index in [0.717, 1.165) is 54.9 Å². The quantitative estimate of drug-likeness (QED) is 0.401. The first-order valence-electron chi connectivity index (χ1n) is 11.5. The van der Waals surface area contributed by atoms with Crippen LogP contribution in [0.4, 0.5) is 11.5 Å². The van der Waals surface area contributed by atoms with E-state index in [1.165, 1.54) is 5.69 Å². The van der Waals surface area contributed by atoms with Gasteiger partial charge in [-0.1, -0.05) is 36.2 Å². The Morgan fingerprint density at radius 2 is 1.74 bits per heavy atom. The monoisotopic (exact) mass is 495 g/mol. The Bertz CT molecular complexity index is 1290. The number of nitrogens with zero attached hydrogens (tertiary/aromatic N) is 6. The molecule has 1 aliphatic rings. The van der Waals surface area contributed by atoms with Crippen LogP contribution in [0.5, 0.6) is 0 Å². The molecule has 34 heavy (non-hydrogen) atoms. The molecule has 3 heterocycles. The van der Waals surface area contributed by atoms with Gasteiger partial charge in [0.15, 0.2) is 11.6 Å². The second kappa shape index (κ2) is 9.78. The zero-order valence-electron chi connectivity index (χ0n) is 19.3. The van der Waals surface area contributed by atoms with Gasteiger partial charge in [-0.25, -0.2) is 9.97 Å². The van der Waals surface area contributed by atoms with Gasteiger partial charge in [0.1, 0.15) is 11.0 Å². The van der Waals surface area contributed by atoms with Crippen LogP contribution >= 0.6 is 23.2 Å². The van der Waals surface area contributed by atoms with Gasteiger partial charge in [0.25, 0.3) is 0 Å². The average molecular weight is 496 g/mol. The second-order valence-corrected chi connectivity index (χ2v) is 9.30. The van der Waals surface area contributed by atoms with Crippen LogP contribution in [0, 0.1) is 0 Å². The molecule has 0 bridgehead atoms. The van der Waals surface area contributed by atoms with Crippen molar-refractivity contribution in [3.8, 4) is 11.4 Å². The van der Waals surface area contributed by atoms with Crippen LogP contribution in [0.25, 0.3) is 22.4 Å². The molecule has 2 aromatic heterocycles. The van der Waals surface area contributed by atoms with Crippen molar-refractivity contribution < 1.29 is 0 Å². The van der Waals surface area contributed by atoms with Crippen LogP contribution < -0.4 is 10.2 Å². The highest BCUT2D eigenvalue weighted by Crippen LogP contribution is 2.28. The molecule has 5 rings (SSSR count). The number of fused-ring (bicyclic) bond motifs is 1. The Kier molecular flexibility index (Phi) is 6.59. The smallest absolute Gasteiger partial charge is 0.162 e. The van der Waals surface area contributed by atoms with Crippen molar-refractivity contribution >= 4 is 45.7 Å². The van der Waals surface area contributed by atoms with Crippen LogP contribution in [-0.2, 0) is 13.6 Å². The fraction of sp³-hybridized carbons (Fsp3) is 0.320. The zero-order chi connectivity index (χ0) is 23.7. The highest BCUT2D eigenvalue weighted by atomic mass is 35.5. The highest BCUT2D eigenvalue weighted by molar-refractivity contribution is 6.35. The Labute approximate surface area is 209 Å². The van der Waals surface area contributed by atoms with E-state index in [9.17, 15) is 0 Å². The number of aromatic nitrogens is 4. The summed E-state index contributed by atoms with van der Waals surface area (Å²) in [5, 5.41) is 9.04. The first-order chi connectivity index (χ1) is 16.5. The molecule has 0 atom stereocenters. The normalized spacial score (nSPS) is 14.6. The number of likely N-dealkylation sites (N-methyl/N-ethyl adjacent to an activating group) is 1. The number of nitrogens with one attached hydrogen (secondary N) is 1. The Balaban J connectivity index is 1.40. The molecule has 2 aromatic carbocycles. The number of rotatable bonds is 6. The molecular weight excluding hydrogens is 469 g/mol. The molecule has 0 radical (unpaired) electrons. The summed E-state index contributed by atoms with van der Waals surface area (Å²) in [6.45, 7) is 8.14. The molecule has 1 saturated heterocycles. The van der Waals surface area contributed by atoms with Gasteiger partial charge in [-0.3, -0.25) is 4.68 Å². The van der Waals surface area contributed by atoms with Crippen molar-refractivity contribution in [2.45, 2.75) is 13.5 Å².